The van der Waals surface area contributed by atoms with Crippen LogP contribution in [-0.2, 0) is 9.53 Å². The van der Waals surface area contributed by atoms with E-state index in [0.717, 1.165) is 5.57 Å². The molecule has 0 spiro atoms. The number of aliphatic hydroxyl groups is 1. The normalized spacial score (nSPS) is 13.4. The van der Waals surface area contributed by atoms with E-state index in [2.05, 4.69) is 25.1 Å². The molecule has 2 amide bonds. The highest BCUT2D eigenvalue weighted by Gasteiger charge is 2.19. The van der Waals surface area contributed by atoms with E-state index in [-0.39, 0.29) is 12.5 Å². The first-order chi connectivity index (χ1) is 12.1. The van der Waals surface area contributed by atoms with Crippen molar-refractivity contribution in [3.8, 4) is 0 Å². The molecule has 0 aliphatic rings. The second-order valence-electron chi connectivity index (χ2n) is 6.58. The number of rotatable bonds is 9. The van der Waals surface area contributed by atoms with E-state index < -0.39 is 17.7 Å². The summed E-state index contributed by atoms with van der Waals surface area (Å²) in [6.07, 6.45) is 7.46. The van der Waals surface area contributed by atoms with E-state index >= 15 is 0 Å². The van der Waals surface area contributed by atoms with Crippen molar-refractivity contribution >= 4 is 12.0 Å². The zero-order valence-electron chi connectivity index (χ0n) is 16.1. The van der Waals surface area contributed by atoms with Crippen LogP contribution in [0.1, 0.15) is 34.1 Å². The van der Waals surface area contributed by atoms with Gasteiger partial charge in [0, 0.05) is 11.9 Å². The van der Waals surface area contributed by atoms with Crippen LogP contribution in [-0.4, -0.2) is 40.3 Å². The molecule has 0 rings (SSSR count). The molecule has 0 heterocycles. The molecule has 0 aromatic rings. The molecule has 0 aromatic carbocycles. The lowest BCUT2D eigenvalue weighted by Gasteiger charge is -2.23. The number of allylic oxidation sites excluding steroid dienone is 4. The van der Waals surface area contributed by atoms with Crippen molar-refractivity contribution < 1.29 is 19.4 Å². The van der Waals surface area contributed by atoms with E-state index in [1.54, 1.807) is 45.9 Å². The van der Waals surface area contributed by atoms with Crippen LogP contribution in [0, 0.1) is 0 Å². The molecular formula is C20H30N2O4. The molecule has 6 heteroatoms. The van der Waals surface area contributed by atoms with E-state index in [1.165, 1.54) is 17.2 Å². The molecule has 0 saturated heterocycles. The topological polar surface area (TPSA) is 78.9 Å². The van der Waals surface area contributed by atoms with E-state index in [9.17, 15) is 14.7 Å². The number of aliphatic hydroxyl groups excluding tert-OH is 1. The highest BCUT2D eigenvalue weighted by Crippen LogP contribution is 2.12. The average Bonchev–Trinajstić information content (AvgIpc) is 2.56. The number of amides is 2. The SMILES string of the molecule is C=CC(=O)N(C=C)/C(C)=C/C=C(\C=C)CC(CO)NC(=O)OC(C)(C)C. The molecule has 0 fully saturated rings. The maximum absolute atomic E-state index is 11.8. The Morgan fingerprint density at radius 3 is 2.23 bits per heavy atom. The summed E-state index contributed by atoms with van der Waals surface area (Å²) in [5.74, 6) is -0.290. The van der Waals surface area contributed by atoms with E-state index in [4.69, 9.17) is 4.74 Å². The highest BCUT2D eigenvalue weighted by atomic mass is 16.6. The number of carbonyl (C=O) groups is 2. The number of nitrogens with one attached hydrogen (secondary N) is 1. The van der Waals surface area contributed by atoms with E-state index in [1.807, 2.05) is 0 Å². The molecule has 0 bridgehead atoms. The zero-order chi connectivity index (χ0) is 20.3. The van der Waals surface area contributed by atoms with Gasteiger partial charge in [-0.15, -0.1) is 0 Å². The van der Waals surface area contributed by atoms with Gasteiger partial charge < -0.3 is 15.2 Å². The summed E-state index contributed by atoms with van der Waals surface area (Å²) in [5.41, 5.74) is 0.798. The summed E-state index contributed by atoms with van der Waals surface area (Å²) in [6, 6.07) is -0.520. The van der Waals surface area contributed by atoms with Gasteiger partial charge in [0.2, 0.25) is 0 Å². The quantitative estimate of drug-likeness (QED) is 0.486. The van der Waals surface area contributed by atoms with Crippen LogP contribution in [0.5, 0.6) is 0 Å². The number of hydrogen-bond acceptors (Lipinski definition) is 4. The Hall–Kier alpha value is -2.60. The minimum Gasteiger partial charge on any atom is -0.444 e. The van der Waals surface area contributed by atoms with Gasteiger partial charge in [0.25, 0.3) is 5.91 Å². The van der Waals surface area contributed by atoms with Gasteiger partial charge in [0.05, 0.1) is 12.6 Å². The average molecular weight is 362 g/mol. The molecule has 144 valence electrons. The van der Waals surface area contributed by atoms with E-state index in [0.29, 0.717) is 12.1 Å². The lowest BCUT2D eigenvalue weighted by molar-refractivity contribution is -0.122. The summed E-state index contributed by atoms with van der Waals surface area (Å²) in [6.45, 7) is 17.6. The molecule has 1 unspecified atom stereocenters. The third-order valence-electron chi connectivity index (χ3n) is 3.20. The van der Waals surface area contributed by atoms with Crippen LogP contribution in [0.25, 0.3) is 0 Å². The molecule has 0 saturated carbocycles. The fourth-order valence-electron chi connectivity index (χ4n) is 1.95. The number of carbonyl (C=O) groups excluding carboxylic acids is 2. The molecule has 6 nitrogen and oxygen atoms in total. The zero-order valence-corrected chi connectivity index (χ0v) is 16.1. The van der Waals surface area contributed by atoms with Crippen molar-refractivity contribution in [2.24, 2.45) is 0 Å². The van der Waals surface area contributed by atoms with Crippen molar-refractivity contribution in [3.05, 3.63) is 61.5 Å². The van der Waals surface area contributed by atoms with Crippen LogP contribution in [0.2, 0.25) is 0 Å². The first-order valence-corrected chi connectivity index (χ1v) is 8.26. The highest BCUT2D eigenvalue weighted by molar-refractivity contribution is 5.89. The van der Waals surface area contributed by atoms with Gasteiger partial charge in [-0.3, -0.25) is 9.69 Å². The van der Waals surface area contributed by atoms with Crippen molar-refractivity contribution in [2.45, 2.75) is 45.8 Å². The van der Waals surface area contributed by atoms with Crippen molar-refractivity contribution in [1.29, 1.82) is 0 Å². The van der Waals surface area contributed by atoms with Gasteiger partial charge in [0.15, 0.2) is 0 Å². The van der Waals surface area contributed by atoms with Crippen LogP contribution < -0.4 is 5.32 Å². The Morgan fingerprint density at radius 1 is 1.19 bits per heavy atom. The van der Waals surface area contributed by atoms with Crippen molar-refractivity contribution in [3.63, 3.8) is 0 Å². The van der Waals surface area contributed by atoms with Gasteiger partial charge in [-0.2, -0.15) is 0 Å². The second-order valence-corrected chi connectivity index (χ2v) is 6.58. The molecule has 0 aromatic heterocycles. The number of nitrogens with zero attached hydrogens (tertiary/aromatic N) is 1. The lowest BCUT2D eigenvalue weighted by atomic mass is 10.1. The van der Waals surface area contributed by atoms with Gasteiger partial charge >= 0.3 is 6.09 Å². The van der Waals surface area contributed by atoms with Gasteiger partial charge in [-0.1, -0.05) is 31.9 Å². The predicted octanol–water partition coefficient (Wildman–Crippen LogP) is 3.44. The largest absolute Gasteiger partial charge is 0.444 e. The first kappa shape index (κ1) is 23.4. The second kappa shape index (κ2) is 11.1. The number of hydrogen-bond donors (Lipinski definition) is 2. The van der Waals surface area contributed by atoms with Gasteiger partial charge in [0.1, 0.15) is 5.60 Å². The van der Waals surface area contributed by atoms with Crippen LogP contribution in [0.3, 0.4) is 0 Å². The summed E-state index contributed by atoms with van der Waals surface area (Å²) < 4.78 is 5.19. The fraction of sp³-hybridized carbons (Fsp3) is 0.400. The number of ether oxygens (including phenoxy) is 1. The summed E-state index contributed by atoms with van der Waals surface area (Å²) >= 11 is 0. The molecular weight excluding hydrogens is 332 g/mol. The van der Waals surface area contributed by atoms with Crippen LogP contribution >= 0.6 is 0 Å². The lowest BCUT2D eigenvalue weighted by Crippen LogP contribution is -2.41. The minimum absolute atomic E-state index is 0.249. The predicted molar refractivity (Wildman–Crippen MR) is 104 cm³/mol. The van der Waals surface area contributed by atoms with Crippen LogP contribution in [0.4, 0.5) is 4.79 Å². The molecule has 2 N–H and O–H groups in total. The summed E-state index contributed by atoms with van der Waals surface area (Å²) in [5, 5.41) is 12.1. The Labute approximate surface area is 156 Å². The Kier molecular flexibility index (Phi) is 9.99. The molecule has 0 radical (unpaired) electrons. The summed E-state index contributed by atoms with van der Waals surface area (Å²) in [4.78, 5) is 24.9. The maximum atomic E-state index is 11.8. The smallest absolute Gasteiger partial charge is 0.407 e. The Morgan fingerprint density at radius 2 is 1.81 bits per heavy atom. The maximum Gasteiger partial charge on any atom is 0.407 e. The van der Waals surface area contributed by atoms with Crippen molar-refractivity contribution in [2.75, 3.05) is 6.61 Å². The third kappa shape index (κ3) is 9.03. The fourth-order valence-corrected chi connectivity index (χ4v) is 1.95. The van der Waals surface area contributed by atoms with Crippen molar-refractivity contribution in [1.82, 2.24) is 10.2 Å². The Balaban J connectivity index is 5.11. The molecule has 0 aliphatic carbocycles. The molecule has 26 heavy (non-hydrogen) atoms. The minimum atomic E-state index is -0.618. The third-order valence-corrected chi connectivity index (χ3v) is 3.20. The van der Waals surface area contributed by atoms with Crippen LogP contribution in [0.15, 0.2) is 61.5 Å². The first-order valence-electron chi connectivity index (χ1n) is 8.26. The van der Waals surface area contributed by atoms with Gasteiger partial charge in [-0.25, -0.2) is 4.79 Å². The molecule has 0 aliphatic heterocycles. The molecule has 1 atom stereocenters. The Bertz CT molecular complexity index is 597. The number of alkyl carbamates (subject to hydrolysis) is 1. The summed E-state index contributed by atoms with van der Waals surface area (Å²) in [7, 11) is 0. The standard InChI is InChI=1S/C20H30N2O4/c1-8-16(12-11-15(4)22(10-3)18(24)9-2)13-17(14-23)21-19(25)26-20(5,6)7/h8-12,17,23H,1-3,13-14H2,4-7H3,(H,21,25)/b15-11+,16-12+. The monoisotopic (exact) mass is 362 g/mol. The van der Waals surface area contributed by atoms with Gasteiger partial charge in [-0.05, 0) is 51.8 Å².